The topological polar surface area (TPSA) is 87.5 Å². The highest BCUT2D eigenvalue weighted by atomic mass is 35.5. The molecular formula is C20H18ClFN4O3. The number of nitrogens with zero attached hydrogens (tertiary/aromatic N) is 3. The van der Waals surface area contributed by atoms with Gasteiger partial charge in [0.25, 0.3) is 5.56 Å². The predicted molar refractivity (Wildman–Crippen MR) is 111 cm³/mol. The zero-order valence-corrected chi connectivity index (χ0v) is 16.7. The highest BCUT2D eigenvalue weighted by molar-refractivity contribution is 6.30. The Morgan fingerprint density at radius 1 is 1.21 bits per heavy atom. The van der Waals surface area contributed by atoms with Crippen LogP contribution in [0.15, 0.2) is 47.5 Å². The zero-order chi connectivity index (χ0) is 21.3. The number of carboxylic acid groups (broad SMARTS) is 1. The summed E-state index contributed by atoms with van der Waals surface area (Å²) in [6.45, 7) is 0. The Morgan fingerprint density at radius 3 is 2.59 bits per heavy atom. The number of aromatic carboxylic acids is 1. The van der Waals surface area contributed by atoms with E-state index in [9.17, 15) is 19.1 Å². The van der Waals surface area contributed by atoms with E-state index in [1.807, 2.05) is 0 Å². The molecule has 2 heterocycles. The Bertz CT molecular complexity index is 1160. The van der Waals surface area contributed by atoms with Gasteiger partial charge in [-0.1, -0.05) is 11.6 Å². The SMILES string of the molecule is CN(C)c1c(Nc2ccncc2C(=O)O)cc(-c2cc(Cl)ccc2F)c(=O)n1C. The molecule has 3 rings (SSSR count). The van der Waals surface area contributed by atoms with Gasteiger partial charge >= 0.3 is 5.97 Å². The number of halogens is 2. The molecule has 0 aliphatic carbocycles. The van der Waals surface area contributed by atoms with E-state index in [1.54, 1.807) is 26.0 Å². The van der Waals surface area contributed by atoms with Crippen LogP contribution in [0.4, 0.5) is 21.6 Å². The maximum Gasteiger partial charge on any atom is 0.339 e. The first kappa shape index (κ1) is 20.3. The van der Waals surface area contributed by atoms with Crippen LogP contribution >= 0.6 is 11.6 Å². The summed E-state index contributed by atoms with van der Waals surface area (Å²) in [5.41, 5.74) is 0.383. The third kappa shape index (κ3) is 3.93. The summed E-state index contributed by atoms with van der Waals surface area (Å²) in [4.78, 5) is 30.0. The van der Waals surface area contributed by atoms with Crippen LogP contribution in [0, 0.1) is 5.82 Å². The average Bonchev–Trinajstić information content (AvgIpc) is 2.66. The van der Waals surface area contributed by atoms with Crippen molar-refractivity contribution in [3.05, 3.63) is 69.5 Å². The Kier molecular flexibility index (Phi) is 5.56. The highest BCUT2D eigenvalue weighted by Gasteiger charge is 2.19. The van der Waals surface area contributed by atoms with Crippen LogP contribution in [-0.2, 0) is 7.05 Å². The van der Waals surface area contributed by atoms with Gasteiger partial charge in [0.1, 0.15) is 17.2 Å². The lowest BCUT2D eigenvalue weighted by atomic mass is 10.1. The van der Waals surface area contributed by atoms with Gasteiger partial charge in [-0.25, -0.2) is 9.18 Å². The summed E-state index contributed by atoms with van der Waals surface area (Å²) < 4.78 is 15.8. The average molecular weight is 417 g/mol. The van der Waals surface area contributed by atoms with E-state index in [-0.39, 0.29) is 27.4 Å². The third-order valence-electron chi connectivity index (χ3n) is 4.35. The van der Waals surface area contributed by atoms with E-state index in [1.165, 1.54) is 47.3 Å². The normalized spacial score (nSPS) is 10.7. The van der Waals surface area contributed by atoms with Crippen molar-refractivity contribution < 1.29 is 14.3 Å². The van der Waals surface area contributed by atoms with E-state index in [4.69, 9.17) is 11.6 Å². The van der Waals surface area contributed by atoms with E-state index in [2.05, 4.69) is 10.3 Å². The van der Waals surface area contributed by atoms with Crippen LogP contribution in [0.3, 0.4) is 0 Å². The molecule has 2 N–H and O–H groups in total. The molecule has 3 aromatic rings. The van der Waals surface area contributed by atoms with Gasteiger partial charge in [-0.3, -0.25) is 14.3 Å². The number of pyridine rings is 2. The summed E-state index contributed by atoms with van der Waals surface area (Å²) in [6.07, 6.45) is 2.67. The van der Waals surface area contributed by atoms with E-state index in [0.29, 0.717) is 11.5 Å². The van der Waals surface area contributed by atoms with E-state index >= 15 is 0 Å². The number of carboxylic acids is 1. The van der Waals surface area contributed by atoms with Gasteiger partial charge in [0.05, 0.1) is 16.9 Å². The minimum atomic E-state index is -1.15. The maximum atomic E-state index is 14.4. The molecule has 2 aromatic heterocycles. The van der Waals surface area contributed by atoms with Crippen molar-refractivity contribution >= 4 is 34.8 Å². The number of benzene rings is 1. The number of nitrogens with one attached hydrogen (secondary N) is 1. The number of aromatic nitrogens is 2. The zero-order valence-electron chi connectivity index (χ0n) is 15.9. The molecule has 150 valence electrons. The number of anilines is 3. The van der Waals surface area contributed by atoms with Gasteiger partial charge in [-0.05, 0) is 30.3 Å². The van der Waals surface area contributed by atoms with Crippen molar-refractivity contribution in [1.82, 2.24) is 9.55 Å². The summed E-state index contributed by atoms with van der Waals surface area (Å²) in [5, 5.41) is 12.7. The molecule has 0 spiro atoms. The van der Waals surface area contributed by atoms with Crippen molar-refractivity contribution in [2.75, 3.05) is 24.3 Å². The molecule has 0 aliphatic rings. The molecular weight excluding hydrogens is 399 g/mol. The highest BCUT2D eigenvalue weighted by Crippen LogP contribution is 2.32. The standard InChI is InChI=1S/C20H18ClFN4O3/c1-25(2)18-17(24-16-6-7-23-10-14(16)20(28)29)9-13(19(27)26(18)3)12-8-11(21)4-5-15(12)22/h4-10H,1-3H3,(H,23,24)(H,28,29). The van der Waals surface area contributed by atoms with Crippen LogP contribution in [-0.4, -0.2) is 34.7 Å². The molecule has 29 heavy (non-hydrogen) atoms. The number of hydrogen-bond donors (Lipinski definition) is 2. The predicted octanol–water partition coefficient (Wildman–Crippen LogP) is 3.75. The van der Waals surface area contributed by atoms with Crippen molar-refractivity contribution in [1.29, 1.82) is 0 Å². The minimum Gasteiger partial charge on any atom is -0.478 e. The molecule has 0 saturated carbocycles. The fourth-order valence-corrected chi connectivity index (χ4v) is 3.25. The lowest BCUT2D eigenvalue weighted by molar-refractivity contribution is 0.0697. The van der Waals surface area contributed by atoms with E-state index < -0.39 is 17.3 Å². The first-order chi connectivity index (χ1) is 13.7. The first-order valence-electron chi connectivity index (χ1n) is 8.51. The molecule has 1 aromatic carbocycles. The fourth-order valence-electron chi connectivity index (χ4n) is 3.08. The Hall–Kier alpha value is -3.39. The smallest absolute Gasteiger partial charge is 0.339 e. The van der Waals surface area contributed by atoms with Gasteiger partial charge in [-0.15, -0.1) is 0 Å². The van der Waals surface area contributed by atoms with Crippen molar-refractivity contribution in [2.45, 2.75) is 0 Å². The Labute approximate surface area is 171 Å². The van der Waals surface area contributed by atoms with Gasteiger partial charge in [0.15, 0.2) is 0 Å². The molecule has 0 fully saturated rings. The van der Waals surface area contributed by atoms with Crippen LogP contribution in [0.1, 0.15) is 10.4 Å². The molecule has 0 amide bonds. The van der Waals surface area contributed by atoms with Crippen LogP contribution < -0.4 is 15.8 Å². The van der Waals surface area contributed by atoms with Crippen LogP contribution in [0.2, 0.25) is 5.02 Å². The van der Waals surface area contributed by atoms with Crippen molar-refractivity contribution in [3.8, 4) is 11.1 Å². The second-order valence-electron chi connectivity index (χ2n) is 6.53. The van der Waals surface area contributed by atoms with Gasteiger partial charge in [0.2, 0.25) is 0 Å². The third-order valence-corrected chi connectivity index (χ3v) is 4.58. The quantitative estimate of drug-likeness (QED) is 0.658. The Balaban J connectivity index is 2.26. The lowest BCUT2D eigenvalue weighted by Gasteiger charge is -2.23. The van der Waals surface area contributed by atoms with Gasteiger partial charge < -0.3 is 15.3 Å². The first-order valence-corrected chi connectivity index (χ1v) is 8.89. The molecule has 0 atom stereocenters. The summed E-state index contributed by atoms with van der Waals surface area (Å²) in [7, 11) is 5.04. The second kappa shape index (κ2) is 7.92. The molecule has 0 aliphatic heterocycles. The van der Waals surface area contributed by atoms with Crippen molar-refractivity contribution in [2.24, 2.45) is 7.05 Å². The van der Waals surface area contributed by atoms with Gasteiger partial charge in [0, 0.05) is 44.1 Å². The lowest BCUT2D eigenvalue weighted by Crippen LogP contribution is -2.27. The molecule has 0 bridgehead atoms. The monoisotopic (exact) mass is 416 g/mol. The summed E-state index contributed by atoms with van der Waals surface area (Å²) >= 11 is 5.99. The Morgan fingerprint density at radius 2 is 1.93 bits per heavy atom. The largest absolute Gasteiger partial charge is 0.478 e. The number of hydrogen-bond acceptors (Lipinski definition) is 5. The molecule has 9 heteroatoms. The van der Waals surface area contributed by atoms with Crippen molar-refractivity contribution in [3.63, 3.8) is 0 Å². The summed E-state index contributed by atoms with van der Waals surface area (Å²) in [6, 6.07) is 6.96. The summed E-state index contributed by atoms with van der Waals surface area (Å²) in [5.74, 6) is -1.27. The maximum absolute atomic E-state index is 14.4. The van der Waals surface area contributed by atoms with Crippen LogP contribution in [0.25, 0.3) is 11.1 Å². The second-order valence-corrected chi connectivity index (χ2v) is 6.97. The number of rotatable bonds is 5. The minimum absolute atomic E-state index is 0.0402. The fraction of sp³-hybridized carbons (Fsp3) is 0.150. The van der Waals surface area contributed by atoms with Gasteiger partial charge in [-0.2, -0.15) is 0 Å². The number of carbonyl (C=O) groups is 1. The molecule has 0 radical (unpaired) electrons. The van der Waals surface area contributed by atoms with Crippen LogP contribution in [0.5, 0.6) is 0 Å². The molecule has 7 nitrogen and oxygen atoms in total. The molecule has 0 unspecified atom stereocenters. The molecule has 0 saturated heterocycles. The van der Waals surface area contributed by atoms with E-state index in [0.717, 1.165) is 0 Å².